The minimum absolute atomic E-state index is 0.00364. The second-order valence-electron chi connectivity index (χ2n) is 6.48. The Morgan fingerprint density at radius 1 is 1.35 bits per heavy atom. The first-order valence-electron chi connectivity index (χ1n) is 8.78. The number of nitrogens with one attached hydrogen (secondary N) is 1. The maximum atomic E-state index is 12.7. The Kier molecular flexibility index (Phi) is 7.52. The molecule has 0 aliphatic carbocycles. The lowest BCUT2D eigenvalue weighted by Gasteiger charge is -2.20. The lowest BCUT2D eigenvalue weighted by molar-refractivity contribution is -0.137. The summed E-state index contributed by atoms with van der Waals surface area (Å²) in [4.78, 5) is 17.6. The Balaban J connectivity index is 1.82. The Morgan fingerprint density at radius 2 is 2.08 bits per heavy atom. The normalized spacial score (nSPS) is 17.6. The number of hydrogen-bond acceptors (Lipinski definition) is 4. The van der Waals surface area contributed by atoms with E-state index in [9.17, 15) is 18.0 Å². The molecule has 1 aliphatic heterocycles. The zero-order chi connectivity index (χ0) is 19.2. The van der Waals surface area contributed by atoms with Crippen LogP contribution in [0.4, 0.5) is 19.0 Å². The van der Waals surface area contributed by atoms with Crippen LogP contribution in [0.2, 0.25) is 5.02 Å². The van der Waals surface area contributed by atoms with Crippen LogP contribution in [0.25, 0.3) is 0 Å². The Morgan fingerprint density at radius 3 is 2.73 bits per heavy atom. The maximum absolute atomic E-state index is 12.7. The molecule has 1 aromatic rings. The summed E-state index contributed by atoms with van der Waals surface area (Å²) in [5, 5.41) is 2.93. The number of hydrogen-bond donors (Lipinski definition) is 2. The van der Waals surface area contributed by atoms with Crippen molar-refractivity contribution in [3.63, 3.8) is 0 Å². The second kappa shape index (κ2) is 9.41. The first-order valence-corrected chi connectivity index (χ1v) is 9.16. The molecule has 26 heavy (non-hydrogen) atoms. The predicted molar refractivity (Wildman–Crippen MR) is 95.1 cm³/mol. The van der Waals surface area contributed by atoms with Gasteiger partial charge in [-0.2, -0.15) is 13.2 Å². The van der Waals surface area contributed by atoms with Crippen LogP contribution in [0.1, 0.15) is 44.1 Å². The van der Waals surface area contributed by atoms with Gasteiger partial charge in [-0.1, -0.05) is 24.4 Å². The van der Waals surface area contributed by atoms with Crippen LogP contribution in [0, 0.1) is 0 Å². The summed E-state index contributed by atoms with van der Waals surface area (Å²) in [7, 11) is 0. The van der Waals surface area contributed by atoms with Crippen molar-refractivity contribution in [3.8, 4) is 0 Å². The number of unbranched alkanes of at least 4 members (excludes halogenated alkanes) is 3. The molecule has 0 saturated carbocycles. The van der Waals surface area contributed by atoms with E-state index in [0.717, 1.165) is 37.9 Å². The summed E-state index contributed by atoms with van der Waals surface area (Å²) in [6.07, 6.45) is 1.30. The highest BCUT2D eigenvalue weighted by molar-refractivity contribution is 6.33. The van der Waals surface area contributed by atoms with Crippen LogP contribution in [-0.2, 0) is 11.0 Å². The van der Waals surface area contributed by atoms with Crippen molar-refractivity contribution in [2.75, 3.05) is 24.5 Å². The molecule has 1 aliphatic rings. The Hall–Kier alpha value is -1.54. The van der Waals surface area contributed by atoms with E-state index in [1.54, 1.807) is 4.90 Å². The molecule has 2 rings (SSSR count). The molecule has 1 unspecified atom stereocenters. The molecule has 1 atom stereocenters. The molecule has 5 nitrogen and oxygen atoms in total. The molecule has 146 valence electrons. The number of nitrogens with zero attached hydrogens (tertiary/aromatic N) is 2. The van der Waals surface area contributed by atoms with Crippen LogP contribution < -0.4 is 16.0 Å². The SMILES string of the molecule is NCCCCCCC(=O)NC1CCN(c2ncc(C(F)(F)F)cc2Cl)C1. The average Bonchev–Trinajstić information content (AvgIpc) is 3.01. The quantitative estimate of drug-likeness (QED) is 0.665. The minimum Gasteiger partial charge on any atom is -0.353 e. The highest BCUT2D eigenvalue weighted by atomic mass is 35.5. The lowest BCUT2D eigenvalue weighted by atomic mass is 10.1. The van der Waals surface area contributed by atoms with Gasteiger partial charge in [0, 0.05) is 31.7 Å². The molecule has 1 aromatic heterocycles. The first kappa shape index (κ1) is 20.8. The fourth-order valence-electron chi connectivity index (χ4n) is 2.97. The third kappa shape index (κ3) is 6.02. The number of carbonyl (C=O) groups is 1. The molecule has 0 spiro atoms. The number of halogens is 4. The summed E-state index contributed by atoms with van der Waals surface area (Å²) in [6, 6.07) is 0.837. The number of rotatable bonds is 8. The van der Waals surface area contributed by atoms with Crippen molar-refractivity contribution in [2.24, 2.45) is 5.73 Å². The van der Waals surface area contributed by atoms with Crippen LogP contribution >= 0.6 is 11.6 Å². The van der Waals surface area contributed by atoms with Gasteiger partial charge in [-0.3, -0.25) is 4.79 Å². The van der Waals surface area contributed by atoms with Crippen molar-refractivity contribution in [2.45, 2.75) is 50.7 Å². The van der Waals surface area contributed by atoms with Crippen molar-refractivity contribution >= 4 is 23.3 Å². The summed E-state index contributed by atoms with van der Waals surface area (Å²) >= 11 is 5.98. The second-order valence-corrected chi connectivity index (χ2v) is 6.89. The molecule has 1 amide bonds. The molecular weight excluding hydrogens is 369 g/mol. The molecule has 3 N–H and O–H groups in total. The molecular formula is C17H24ClF3N4O. The van der Waals surface area contributed by atoms with Gasteiger partial charge >= 0.3 is 6.18 Å². The zero-order valence-electron chi connectivity index (χ0n) is 14.5. The first-order chi connectivity index (χ1) is 12.3. The predicted octanol–water partition coefficient (Wildman–Crippen LogP) is 3.36. The van der Waals surface area contributed by atoms with E-state index in [4.69, 9.17) is 17.3 Å². The van der Waals surface area contributed by atoms with E-state index in [1.165, 1.54) is 0 Å². The van der Waals surface area contributed by atoms with Crippen molar-refractivity contribution in [1.29, 1.82) is 0 Å². The largest absolute Gasteiger partial charge is 0.417 e. The Labute approximate surface area is 156 Å². The van der Waals surface area contributed by atoms with E-state index < -0.39 is 11.7 Å². The summed E-state index contributed by atoms with van der Waals surface area (Å²) in [5.41, 5.74) is 4.56. The van der Waals surface area contributed by atoms with E-state index in [2.05, 4.69) is 10.3 Å². The van der Waals surface area contributed by atoms with Crippen LogP contribution in [0.5, 0.6) is 0 Å². The van der Waals surface area contributed by atoms with Gasteiger partial charge in [0.15, 0.2) is 0 Å². The van der Waals surface area contributed by atoms with Gasteiger partial charge in [-0.15, -0.1) is 0 Å². The maximum Gasteiger partial charge on any atom is 0.417 e. The summed E-state index contributed by atoms with van der Waals surface area (Å²) in [6.45, 7) is 1.74. The number of pyridine rings is 1. The fraction of sp³-hybridized carbons (Fsp3) is 0.647. The van der Waals surface area contributed by atoms with E-state index in [-0.39, 0.29) is 17.0 Å². The van der Waals surface area contributed by atoms with E-state index in [1.807, 2.05) is 0 Å². The third-order valence-corrected chi connectivity index (χ3v) is 4.64. The number of aromatic nitrogens is 1. The van der Waals surface area contributed by atoms with E-state index >= 15 is 0 Å². The van der Waals surface area contributed by atoms with Gasteiger partial charge in [0.2, 0.25) is 5.91 Å². The molecule has 9 heteroatoms. The van der Waals surface area contributed by atoms with Gasteiger partial charge in [-0.05, 0) is 31.9 Å². The van der Waals surface area contributed by atoms with Crippen molar-refractivity contribution < 1.29 is 18.0 Å². The Bertz CT molecular complexity index is 612. The fourth-order valence-corrected chi connectivity index (χ4v) is 3.26. The minimum atomic E-state index is -4.47. The average molecular weight is 393 g/mol. The molecule has 0 aromatic carbocycles. The summed E-state index contributed by atoms with van der Waals surface area (Å²) < 4.78 is 38.1. The number of anilines is 1. The lowest BCUT2D eigenvalue weighted by Crippen LogP contribution is -2.37. The number of carbonyl (C=O) groups excluding carboxylic acids is 1. The number of amides is 1. The molecule has 0 radical (unpaired) electrons. The monoisotopic (exact) mass is 392 g/mol. The van der Waals surface area contributed by atoms with Crippen LogP contribution in [0.3, 0.4) is 0 Å². The van der Waals surface area contributed by atoms with Crippen molar-refractivity contribution in [1.82, 2.24) is 10.3 Å². The molecule has 0 bridgehead atoms. The molecule has 2 heterocycles. The van der Waals surface area contributed by atoms with Crippen LogP contribution in [0.15, 0.2) is 12.3 Å². The zero-order valence-corrected chi connectivity index (χ0v) is 15.2. The highest BCUT2D eigenvalue weighted by Gasteiger charge is 2.33. The summed E-state index contributed by atoms with van der Waals surface area (Å²) in [5.74, 6) is 0.314. The van der Waals surface area contributed by atoms with Gasteiger partial charge in [0.25, 0.3) is 0 Å². The number of nitrogens with two attached hydrogens (primary N) is 1. The van der Waals surface area contributed by atoms with Gasteiger partial charge in [0.1, 0.15) is 5.82 Å². The smallest absolute Gasteiger partial charge is 0.353 e. The van der Waals surface area contributed by atoms with E-state index in [0.29, 0.717) is 38.3 Å². The topological polar surface area (TPSA) is 71.2 Å². The van der Waals surface area contributed by atoms with Crippen molar-refractivity contribution in [3.05, 3.63) is 22.8 Å². The highest BCUT2D eigenvalue weighted by Crippen LogP contribution is 2.34. The molecule has 1 fully saturated rings. The third-order valence-electron chi connectivity index (χ3n) is 4.36. The van der Waals surface area contributed by atoms with Crippen LogP contribution in [-0.4, -0.2) is 36.6 Å². The number of alkyl halides is 3. The van der Waals surface area contributed by atoms with Gasteiger partial charge in [-0.25, -0.2) is 4.98 Å². The van der Waals surface area contributed by atoms with Gasteiger partial charge in [0.05, 0.1) is 10.6 Å². The standard InChI is InChI=1S/C17H24ClF3N4O/c18-14-9-12(17(19,20)21)10-23-16(14)25-8-6-13(11-25)24-15(26)5-3-1-2-4-7-22/h9-10,13H,1-8,11,22H2,(H,24,26). The van der Waals surface area contributed by atoms with Gasteiger partial charge < -0.3 is 16.0 Å². The molecule has 1 saturated heterocycles.